The van der Waals surface area contributed by atoms with Gasteiger partial charge in [-0.2, -0.15) is 0 Å². The molecular weight excluding hydrogens is 338 g/mol. The molecule has 1 aromatic carbocycles. The van der Waals surface area contributed by atoms with Crippen LogP contribution in [0, 0.1) is 5.92 Å². The smallest absolute Gasteiger partial charge is 0.242 e. The molecule has 1 aliphatic heterocycles. The maximum atomic E-state index is 12.3. The minimum Gasteiger partial charge on any atom is -0.352 e. The van der Waals surface area contributed by atoms with Crippen molar-refractivity contribution in [3.8, 4) is 0 Å². The first-order chi connectivity index (χ1) is 10.4. The molecule has 1 fully saturated rings. The highest BCUT2D eigenvalue weighted by Crippen LogP contribution is 2.19. The monoisotopic (exact) mass is 361 g/mol. The molecule has 6 nitrogen and oxygen atoms in total. The molecule has 0 aromatic heterocycles. The molecule has 1 saturated heterocycles. The molecule has 0 unspecified atom stereocenters. The second kappa shape index (κ2) is 8.63. The van der Waals surface area contributed by atoms with E-state index in [0.717, 1.165) is 25.9 Å². The molecule has 0 atom stereocenters. The maximum Gasteiger partial charge on any atom is 0.242 e. The summed E-state index contributed by atoms with van der Waals surface area (Å²) in [7, 11) is -0.509. The summed E-state index contributed by atoms with van der Waals surface area (Å²) in [5, 5.41) is 6.09. The minimum absolute atomic E-state index is 0. The number of piperidine rings is 1. The summed E-state index contributed by atoms with van der Waals surface area (Å²) in [5.74, 6) is 0.0115. The standard InChI is InChI=1S/C15H23N3O3S.ClH/c1-18(2)22(20,21)14-6-4-3-5-13(14)11-17-15(19)12-7-9-16-10-8-12;/h3-6,12,16H,7-11H2,1-2H3,(H,17,19);1H. The van der Waals surface area contributed by atoms with Gasteiger partial charge in [-0.1, -0.05) is 18.2 Å². The second-order valence-corrected chi connectivity index (χ2v) is 7.76. The summed E-state index contributed by atoms with van der Waals surface area (Å²) in [4.78, 5) is 12.4. The molecule has 130 valence electrons. The first-order valence-corrected chi connectivity index (χ1v) is 8.86. The average molecular weight is 362 g/mol. The van der Waals surface area contributed by atoms with Gasteiger partial charge in [0.1, 0.15) is 0 Å². The van der Waals surface area contributed by atoms with Crippen LogP contribution >= 0.6 is 12.4 Å². The molecule has 1 amide bonds. The largest absolute Gasteiger partial charge is 0.352 e. The summed E-state index contributed by atoms with van der Waals surface area (Å²) in [6.07, 6.45) is 1.65. The van der Waals surface area contributed by atoms with Crippen LogP contribution in [0.4, 0.5) is 0 Å². The number of hydrogen-bond donors (Lipinski definition) is 2. The zero-order valence-corrected chi connectivity index (χ0v) is 15.0. The van der Waals surface area contributed by atoms with Crippen LogP contribution in [-0.4, -0.2) is 45.8 Å². The highest BCUT2D eigenvalue weighted by Gasteiger charge is 2.23. The fourth-order valence-corrected chi connectivity index (χ4v) is 3.62. The highest BCUT2D eigenvalue weighted by atomic mass is 35.5. The Balaban J connectivity index is 0.00000264. The number of rotatable bonds is 5. The molecule has 1 aliphatic rings. The van der Waals surface area contributed by atoms with Gasteiger partial charge in [0.15, 0.2) is 0 Å². The normalized spacial score (nSPS) is 16.0. The molecular formula is C15H24ClN3O3S. The molecule has 1 aromatic rings. The van der Waals surface area contributed by atoms with Crippen molar-refractivity contribution >= 4 is 28.3 Å². The minimum atomic E-state index is -3.51. The third-order valence-electron chi connectivity index (χ3n) is 3.89. The maximum absolute atomic E-state index is 12.3. The summed E-state index contributed by atoms with van der Waals surface area (Å²) in [6, 6.07) is 6.77. The van der Waals surface area contributed by atoms with Crippen LogP contribution in [0.25, 0.3) is 0 Å². The van der Waals surface area contributed by atoms with Crippen LogP contribution in [0.3, 0.4) is 0 Å². The molecule has 1 heterocycles. The second-order valence-electron chi connectivity index (χ2n) is 5.64. The number of carbonyl (C=O) groups excluding carboxylic acids is 1. The van der Waals surface area contributed by atoms with Gasteiger partial charge in [0.25, 0.3) is 0 Å². The predicted molar refractivity (Wildman–Crippen MR) is 92.0 cm³/mol. The number of nitrogens with one attached hydrogen (secondary N) is 2. The Morgan fingerprint density at radius 3 is 2.48 bits per heavy atom. The number of nitrogens with zero attached hydrogens (tertiary/aromatic N) is 1. The van der Waals surface area contributed by atoms with E-state index in [4.69, 9.17) is 0 Å². The number of carbonyl (C=O) groups is 1. The van der Waals surface area contributed by atoms with E-state index >= 15 is 0 Å². The Kier molecular flexibility index (Phi) is 7.47. The molecule has 2 rings (SSSR count). The summed E-state index contributed by atoms with van der Waals surface area (Å²) >= 11 is 0. The predicted octanol–water partition coefficient (Wildman–Crippen LogP) is 0.974. The Bertz CT molecular complexity index is 629. The van der Waals surface area contributed by atoms with E-state index < -0.39 is 10.0 Å². The molecule has 0 saturated carbocycles. The van der Waals surface area contributed by atoms with Crippen molar-refractivity contribution in [3.05, 3.63) is 29.8 Å². The summed E-state index contributed by atoms with van der Waals surface area (Å²) < 4.78 is 25.8. The Morgan fingerprint density at radius 1 is 1.26 bits per heavy atom. The molecule has 0 bridgehead atoms. The number of benzene rings is 1. The van der Waals surface area contributed by atoms with Crippen LogP contribution in [-0.2, 0) is 21.4 Å². The lowest BCUT2D eigenvalue weighted by Gasteiger charge is -2.22. The van der Waals surface area contributed by atoms with Crippen LogP contribution in [0.5, 0.6) is 0 Å². The van der Waals surface area contributed by atoms with Gasteiger partial charge in [0.05, 0.1) is 4.90 Å². The van der Waals surface area contributed by atoms with Crippen molar-refractivity contribution in [2.75, 3.05) is 27.2 Å². The fraction of sp³-hybridized carbons (Fsp3) is 0.533. The molecule has 23 heavy (non-hydrogen) atoms. The number of halogens is 1. The molecule has 0 aliphatic carbocycles. The summed E-state index contributed by atoms with van der Waals surface area (Å²) in [5.41, 5.74) is 0.610. The van der Waals surface area contributed by atoms with Gasteiger partial charge >= 0.3 is 0 Å². The van der Waals surface area contributed by atoms with E-state index in [0.29, 0.717) is 5.56 Å². The zero-order valence-electron chi connectivity index (χ0n) is 13.4. The SMILES string of the molecule is CN(C)S(=O)(=O)c1ccccc1CNC(=O)C1CCNCC1.Cl. The average Bonchev–Trinajstić information content (AvgIpc) is 2.53. The van der Waals surface area contributed by atoms with E-state index in [1.807, 2.05) is 0 Å². The molecule has 0 spiro atoms. The number of sulfonamides is 1. The lowest BCUT2D eigenvalue weighted by atomic mass is 9.97. The van der Waals surface area contributed by atoms with Crippen LogP contribution < -0.4 is 10.6 Å². The van der Waals surface area contributed by atoms with E-state index in [-0.39, 0.29) is 35.7 Å². The number of hydrogen-bond acceptors (Lipinski definition) is 4. The van der Waals surface area contributed by atoms with E-state index in [1.54, 1.807) is 24.3 Å². The molecule has 8 heteroatoms. The summed E-state index contributed by atoms with van der Waals surface area (Å²) in [6.45, 7) is 1.93. The van der Waals surface area contributed by atoms with Gasteiger partial charge < -0.3 is 10.6 Å². The van der Waals surface area contributed by atoms with Crippen molar-refractivity contribution < 1.29 is 13.2 Å². The van der Waals surface area contributed by atoms with Crippen molar-refractivity contribution in [1.82, 2.24) is 14.9 Å². The molecule has 0 radical (unpaired) electrons. The van der Waals surface area contributed by atoms with Gasteiger partial charge in [0, 0.05) is 26.6 Å². The van der Waals surface area contributed by atoms with Crippen molar-refractivity contribution in [3.63, 3.8) is 0 Å². The van der Waals surface area contributed by atoms with E-state index in [9.17, 15) is 13.2 Å². The van der Waals surface area contributed by atoms with Gasteiger partial charge in [-0.3, -0.25) is 4.79 Å². The van der Waals surface area contributed by atoms with Crippen molar-refractivity contribution in [2.24, 2.45) is 5.92 Å². The van der Waals surface area contributed by atoms with Crippen LogP contribution in [0.1, 0.15) is 18.4 Å². The Morgan fingerprint density at radius 2 is 1.87 bits per heavy atom. The van der Waals surface area contributed by atoms with Crippen molar-refractivity contribution in [1.29, 1.82) is 0 Å². The Hall–Kier alpha value is -1.15. The zero-order chi connectivity index (χ0) is 16.2. The van der Waals surface area contributed by atoms with Crippen LogP contribution in [0.2, 0.25) is 0 Å². The van der Waals surface area contributed by atoms with Gasteiger partial charge in [0.2, 0.25) is 15.9 Å². The van der Waals surface area contributed by atoms with Crippen molar-refractivity contribution in [2.45, 2.75) is 24.3 Å². The Labute approximate surface area is 144 Å². The van der Waals surface area contributed by atoms with Gasteiger partial charge in [-0.25, -0.2) is 12.7 Å². The number of amides is 1. The lowest BCUT2D eigenvalue weighted by Crippen LogP contribution is -2.38. The fourth-order valence-electron chi connectivity index (χ4n) is 2.51. The molecule has 2 N–H and O–H groups in total. The van der Waals surface area contributed by atoms with Gasteiger partial charge in [-0.05, 0) is 37.6 Å². The third-order valence-corrected chi connectivity index (χ3v) is 5.81. The van der Waals surface area contributed by atoms with Crippen LogP contribution in [0.15, 0.2) is 29.2 Å². The van der Waals surface area contributed by atoms with E-state index in [1.165, 1.54) is 18.4 Å². The topological polar surface area (TPSA) is 78.5 Å². The van der Waals surface area contributed by atoms with Gasteiger partial charge in [-0.15, -0.1) is 12.4 Å². The first kappa shape index (κ1) is 19.9. The highest BCUT2D eigenvalue weighted by molar-refractivity contribution is 7.89. The first-order valence-electron chi connectivity index (χ1n) is 7.42. The third kappa shape index (κ3) is 4.91. The van der Waals surface area contributed by atoms with E-state index in [2.05, 4.69) is 10.6 Å². The lowest BCUT2D eigenvalue weighted by molar-refractivity contribution is -0.125. The quantitative estimate of drug-likeness (QED) is 0.819.